The molecule has 1 unspecified atom stereocenters. The van der Waals surface area contributed by atoms with Gasteiger partial charge in [-0.05, 0) is 74.8 Å². The van der Waals surface area contributed by atoms with Crippen LogP contribution in [0.2, 0.25) is 0 Å². The summed E-state index contributed by atoms with van der Waals surface area (Å²) in [6.45, 7) is 10.5. The fraction of sp³-hybridized carbons (Fsp3) is 0.565. The van der Waals surface area contributed by atoms with E-state index in [0.717, 1.165) is 42.6 Å². The number of fused-ring (bicyclic) bond motifs is 1. The van der Waals surface area contributed by atoms with Crippen LogP contribution in [0.25, 0.3) is 0 Å². The minimum Gasteiger partial charge on any atom is -0.493 e. The number of aliphatic hydroxyl groups excluding tert-OH is 1. The largest absolute Gasteiger partial charge is 0.493 e. The first-order chi connectivity index (χ1) is 29.0. The van der Waals surface area contributed by atoms with E-state index in [1.165, 1.54) is 17.8 Å². The molecule has 0 bridgehead atoms. The number of ether oxygens (including phenoxy) is 2. The molecule has 0 saturated heterocycles. The maximum atomic E-state index is 15.8. The second-order valence-corrected chi connectivity index (χ2v) is 18.0. The Labute approximate surface area is 359 Å². The van der Waals surface area contributed by atoms with Gasteiger partial charge in [-0.3, -0.25) is 28.8 Å². The van der Waals surface area contributed by atoms with Gasteiger partial charge in [-0.2, -0.15) is 5.10 Å². The number of carbonyl (C=O) groups excluding carboxylic acids is 5. The van der Waals surface area contributed by atoms with Gasteiger partial charge in [0.1, 0.15) is 11.4 Å². The molecule has 0 radical (unpaired) electrons. The number of nitrogens with two attached hydrogens (primary N) is 1. The third kappa shape index (κ3) is 12.6. The summed E-state index contributed by atoms with van der Waals surface area (Å²) in [4.78, 5) is 71.9. The molecule has 61 heavy (non-hydrogen) atoms. The number of hydrogen-bond donors (Lipinski definition) is 5. The molecule has 1 fully saturated rings. The van der Waals surface area contributed by atoms with Crippen LogP contribution in [0.3, 0.4) is 0 Å². The lowest BCUT2D eigenvalue weighted by Gasteiger charge is -2.46. The van der Waals surface area contributed by atoms with Gasteiger partial charge in [0.25, 0.3) is 0 Å². The van der Waals surface area contributed by atoms with Crippen LogP contribution in [-0.4, -0.2) is 92.0 Å². The summed E-state index contributed by atoms with van der Waals surface area (Å²) >= 11 is 0. The molecule has 5 amide bonds. The van der Waals surface area contributed by atoms with E-state index in [2.05, 4.69) is 21.0 Å². The minimum absolute atomic E-state index is 0.0685. The summed E-state index contributed by atoms with van der Waals surface area (Å²) in [5, 5.41) is 25.1. The van der Waals surface area contributed by atoms with Crippen molar-refractivity contribution in [1.82, 2.24) is 30.6 Å². The highest BCUT2D eigenvalue weighted by Crippen LogP contribution is 2.45. The number of nitrogens with one attached hydrogen (secondary N) is 3. The van der Waals surface area contributed by atoms with Crippen LogP contribution in [0, 0.1) is 11.8 Å². The van der Waals surface area contributed by atoms with Gasteiger partial charge in [0, 0.05) is 38.0 Å². The number of hydrogen-bond acceptors (Lipinski definition) is 10. The van der Waals surface area contributed by atoms with E-state index in [-0.39, 0.29) is 50.3 Å². The summed E-state index contributed by atoms with van der Waals surface area (Å²) in [6.07, 6.45) is 6.36. The fourth-order valence-electron chi connectivity index (χ4n) is 8.43. The van der Waals surface area contributed by atoms with Crippen molar-refractivity contribution in [1.29, 1.82) is 0 Å². The molecule has 2 aliphatic rings. The predicted molar refractivity (Wildman–Crippen MR) is 230 cm³/mol. The molecule has 2 heterocycles. The van der Waals surface area contributed by atoms with E-state index < -0.39 is 59.1 Å². The molecule has 5 rings (SSSR count). The van der Waals surface area contributed by atoms with E-state index in [1.807, 2.05) is 44.2 Å². The summed E-state index contributed by atoms with van der Waals surface area (Å²) < 4.78 is 13.2. The van der Waals surface area contributed by atoms with Crippen molar-refractivity contribution in [3.8, 4) is 5.75 Å². The molecule has 0 spiro atoms. The lowest BCUT2D eigenvalue weighted by atomic mass is 9.76. The number of rotatable bonds is 18. The van der Waals surface area contributed by atoms with Gasteiger partial charge in [0.05, 0.1) is 43.7 Å². The van der Waals surface area contributed by atoms with E-state index in [4.69, 9.17) is 15.2 Å². The Kier molecular flexibility index (Phi) is 16.1. The first kappa shape index (κ1) is 46.8. The van der Waals surface area contributed by atoms with E-state index >= 15 is 4.79 Å². The molecule has 15 heteroatoms. The van der Waals surface area contributed by atoms with Crippen molar-refractivity contribution in [2.45, 2.75) is 141 Å². The summed E-state index contributed by atoms with van der Waals surface area (Å²) in [7, 11) is 0. The zero-order valence-electron chi connectivity index (χ0n) is 36.5. The van der Waals surface area contributed by atoms with Gasteiger partial charge in [0.2, 0.25) is 23.6 Å². The zero-order valence-corrected chi connectivity index (χ0v) is 36.5. The molecule has 1 aliphatic heterocycles. The number of imide groups is 1. The average molecular weight is 844 g/mol. The molecule has 2 aromatic carbocycles. The SMILES string of the molecule is CC(=O)N(C(=O)[C@@H](N)Cc1ccccc1)[C@@](Cn1cccn1)(C(=O)N[C@@H](CC1CCCCC1)[C@@H](O)CC(=O)NCC(C)C)C1COc2ccc(CNC(=O)OC(C)(C)C)cc21. The molecular formula is C46H65N7O8. The van der Waals surface area contributed by atoms with Gasteiger partial charge in [-0.15, -0.1) is 0 Å². The van der Waals surface area contributed by atoms with Crippen LogP contribution in [-0.2, 0) is 43.4 Å². The quantitative estimate of drug-likeness (QED) is 0.119. The normalized spacial score (nSPS) is 17.8. The van der Waals surface area contributed by atoms with Crippen LogP contribution in [0.15, 0.2) is 67.0 Å². The first-order valence-corrected chi connectivity index (χ1v) is 21.6. The molecule has 3 aromatic rings. The zero-order chi connectivity index (χ0) is 44.3. The first-order valence-electron chi connectivity index (χ1n) is 21.6. The molecule has 1 saturated carbocycles. The van der Waals surface area contributed by atoms with Crippen LogP contribution < -0.4 is 26.4 Å². The Balaban J connectivity index is 1.63. The standard InChI is InChI=1S/C46H65N7O8/c1-30(2)26-48-41(56)25-39(55)38(24-33-16-11-8-12-17-33)51-43(58)46(29-52-21-13-20-50-52,53(31(3)54)42(57)37(47)23-32-14-9-7-10-15-32)36-28-60-40-19-18-34(22-35(36)40)27-49-44(59)61-45(4,5)6/h7,9-10,13-15,18-22,30,33,36-39,55H,8,11-12,16-17,23-29,47H2,1-6H3,(H,48,56)(H,49,59)(H,51,58)/t36?,37-,38-,39-,46+/m0/s1. The van der Waals surface area contributed by atoms with E-state index in [0.29, 0.717) is 29.8 Å². The topological polar surface area (TPSA) is 207 Å². The highest BCUT2D eigenvalue weighted by molar-refractivity contribution is 6.04. The van der Waals surface area contributed by atoms with Crippen molar-refractivity contribution in [3.63, 3.8) is 0 Å². The van der Waals surface area contributed by atoms with Crippen molar-refractivity contribution in [2.75, 3.05) is 13.2 Å². The van der Waals surface area contributed by atoms with Gasteiger partial charge in [-0.25, -0.2) is 4.79 Å². The number of amides is 5. The predicted octanol–water partition coefficient (Wildman–Crippen LogP) is 4.75. The third-order valence-corrected chi connectivity index (χ3v) is 11.4. The summed E-state index contributed by atoms with van der Waals surface area (Å²) in [6, 6.07) is 14.0. The Hall–Kier alpha value is -5.28. The Morgan fingerprint density at radius 3 is 2.36 bits per heavy atom. The lowest BCUT2D eigenvalue weighted by molar-refractivity contribution is -0.162. The average Bonchev–Trinajstić information content (AvgIpc) is 3.88. The van der Waals surface area contributed by atoms with Crippen LogP contribution >= 0.6 is 0 Å². The van der Waals surface area contributed by atoms with Crippen molar-refractivity contribution in [3.05, 3.63) is 83.7 Å². The maximum Gasteiger partial charge on any atom is 0.407 e. The number of benzene rings is 2. The number of aromatic nitrogens is 2. The molecule has 6 N–H and O–H groups in total. The maximum absolute atomic E-state index is 15.8. The fourth-order valence-corrected chi connectivity index (χ4v) is 8.43. The second-order valence-electron chi connectivity index (χ2n) is 18.0. The van der Waals surface area contributed by atoms with Gasteiger partial charge in [-0.1, -0.05) is 82.3 Å². The van der Waals surface area contributed by atoms with Crippen LogP contribution in [0.1, 0.15) is 109 Å². The van der Waals surface area contributed by atoms with Crippen molar-refractivity contribution < 1.29 is 38.6 Å². The second kappa shape index (κ2) is 21.0. The monoisotopic (exact) mass is 843 g/mol. The molecule has 332 valence electrons. The summed E-state index contributed by atoms with van der Waals surface area (Å²) in [5.74, 6) is -2.83. The molecular weight excluding hydrogens is 779 g/mol. The van der Waals surface area contributed by atoms with Crippen molar-refractivity contribution in [2.24, 2.45) is 17.6 Å². The third-order valence-electron chi connectivity index (χ3n) is 11.4. The van der Waals surface area contributed by atoms with Gasteiger partial charge >= 0.3 is 6.09 Å². The Morgan fingerprint density at radius 1 is 1.00 bits per heavy atom. The summed E-state index contributed by atoms with van der Waals surface area (Å²) in [5.41, 5.74) is 5.82. The Morgan fingerprint density at radius 2 is 1.72 bits per heavy atom. The van der Waals surface area contributed by atoms with Crippen LogP contribution in [0.4, 0.5) is 4.79 Å². The van der Waals surface area contributed by atoms with Crippen molar-refractivity contribution >= 4 is 29.7 Å². The van der Waals surface area contributed by atoms with E-state index in [1.54, 1.807) is 51.2 Å². The molecule has 5 atom stereocenters. The number of carbonyl (C=O) groups is 5. The number of aliphatic hydroxyl groups is 1. The van der Waals surface area contributed by atoms with Gasteiger partial charge < -0.3 is 36.3 Å². The minimum atomic E-state index is -2.09. The highest BCUT2D eigenvalue weighted by atomic mass is 16.6. The molecule has 1 aliphatic carbocycles. The molecule has 15 nitrogen and oxygen atoms in total. The highest BCUT2D eigenvalue weighted by Gasteiger charge is 2.58. The molecule has 1 aromatic heterocycles. The van der Waals surface area contributed by atoms with E-state index in [9.17, 15) is 24.3 Å². The number of alkyl carbamates (subject to hydrolysis) is 1. The van der Waals surface area contributed by atoms with Gasteiger partial charge in [0.15, 0.2) is 5.54 Å². The number of nitrogens with zero attached hydrogens (tertiary/aromatic N) is 3. The van der Waals surface area contributed by atoms with Crippen LogP contribution in [0.5, 0.6) is 5.75 Å². The lowest BCUT2D eigenvalue weighted by Crippen LogP contribution is -2.70. The smallest absolute Gasteiger partial charge is 0.407 e. The Bertz CT molecular complexity index is 1940.